The van der Waals surface area contributed by atoms with Crippen LogP contribution < -0.4 is 0 Å². The average molecular weight is 437 g/mol. The van der Waals surface area contributed by atoms with Gasteiger partial charge in [0.05, 0.1) is 24.9 Å². The summed E-state index contributed by atoms with van der Waals surface area (Å²) in [4.78, 5) is 0. The highest BCUT2D eigenvalue weighted by Gasteiger charge is 2.64. The van der Waals surface area contributed by atoms with Crippen LogP contribution in [0, 0.1) is 5.41 Å². The molecule has 2 aromatic carbocycles. The fraction of sp³-hybridized carbons (Fsp3) is 0.571. The van der Waals surface area contributed by atoms with Gasteiger partial charge in [0.15, 0.2) is 0 Å². The van der Waals surface area contributed by atoms with Gasteiger partial charge in [-0.25, -0.2) is 0 Å². The van der Waals surface area contributed by atoms with Crippen LogP contribution in [-0.2, 0) is 18.9 Å². The van der Waals surface area contributed by atoms with Gasteiger partial charge in [0.25, 0.3) is 0 Å². The van der Waals surface area contributed by atoms with Gasteiger partial charge in [-0.3, -0.25) is 0 Å². The maximum Gasteiger partial charge on any atom is 0.224 e. The van der Waals surface area contributed by atoms with E-state index in [0.29, 0.717) is 6.61 Å². The Kier molecular flexibility index (Phi) is 5.91. The van der Waals surface area contributed by atoms with Crippen LogP contribution in [-0.4, -0.2) is 24.3 Å². The molecular weight excluding hydrogens is 400 g/mol. The van der Waals surface area contributed by atoms with E-state index < -0.39 is 11.6 Å². The average Bonchev–Trinajstić information content (AvgIpc) is 2.82. The SMILES string of the molecule is CC(C)(C)C1COC2(CCCC(c3ccccc3)O2)C2(CCCC(c3ccccc3)O2)O1. The smallest absolute Gasteiger partial charge is 0.224 e. The lowest BCUT2D eigenvalue weighted by atomic mass is 9.82. The Morgan fingerprint density at radius 2 is 1.19 bits per heavy atom. The van der Waals surface area contributed by atoms with Crippen LogP contribution in [0.2, 0.25) is 0 Å². The quantitative estimate of drug-likeness (QED) is 0.523. The molecule has 3 heterocycles. The highest BCUT2D eigenvalue weighted by Crippen LogP contribution is 2.55. The number of fused-ring (bicyclic) bond motifs is 1. The van der Waals surface area contributed by atoms with Crippen molar-refractivity contribution in [2.75, 3.05) is 6.61 Å². The molecule has 3 aliphatic rings. The Hall–Kier alpha value is -1.72. The maximum absolute atomic E-state index is 6.94. The highest BCUT2D eigenvalue weighted by atomic mass is 16.8. The van der Waals surface area contributed by atoms with E-state index in [1.54, 1.807) is 0 Å². The lowest BCUT2D eigenvalue weighted by Gasteiger charge is -2.59. The summed E-state index contributed by atoms with van der Waals surface area (Å²) in [6.45, 7) is 7.14. The van der Waals surface area contributed by atoms with E-state index >= 15 is 0 Å². The van der Waals surface area contributed by atoms with Crippen molar-refractivity contribution >= 4 is 0 Å². The van der Waals surface area contributed by atoms with Crippen molar-refractivity contribution in [1.29, 1.82) is 0 Å². The fourth-order valence-corrected chi connectivity index (χ4v) is 5.39. The Bertz CT molecular complexity index is 893. The van der Waals surface area contributed by atoms with Gasteiger partial charge in [0.2, 0.25) is 11.6 Å². The second kappa shape index (κ2) is 8.57. The predicted octanol–water partition coefficient (Wildman–Crippen LogP) is 6.72. The molecule has 32 heavy (non-hydrogen) atoms. The van der Waals surface area contributed by atoms with Crippen molar-refractivity contribution in [2.24, 2.45) is 5.41 Å². The van der Waals surface area contributed by atoms with Crippen LogP contribution in [0.5, 0.6) is 0 Å². The summed E-state index contributed by atoms with van der Waals surface area (Å²) in [6, 6.07) is 21.0. The van der Waals surface area contributed by atoms with Gasteiger partial charge in [-0.2, -0.15) is 0 Å². The molecule has 0 aliphatic carbocycles. The van der Waals surface area contributed by atoms with E-state index in [-0.39, 0.29) is 23.7 Å². The molecule has 0 amide bonds. The predicted molar refractivity (Wildman–Crippen MR) is 124 cm³/mol. The summed E-state index contributed by atoms with van der Waals surface area (Å²) in [5, 5.41) is 0. The first-order valence-electron chi connectivity index (χ1n) is 12.2. The fourth-order valence-electron chi connectivity index (χ4n) is 5.39. The summed E-state index contributed by atoms with van der Waals surface area (Å²) in [7, 11) is 0. The second-order valence-electron chi connectivity index (χ2n) is 10.6. The van der Waals surface area contributed by atoms with Crippen LogP contribution in [0.25, 0.3) is 0 Å². The minimum atomic E-state index is -0.907. The largest absolute Gasteiger partial charge is 0.343 e. The number of hydrogen-bond acceptors (Lipinski definition) is 4. The number of benzene rings is 2. The number of rotatable bonds is 2. The zero-order valence-electron chi connectivity index (χ0n) is 19.6. The minimum absolute atomic E-state index is 0.0164. The van der Waals surface area contributed by atoms with E-state index in [0.717, 1.165) is 38.5 Å². The molecule has 4 nitrogen and oxygen atoms in total. The molecule has 3 saturated heterocycles. The number of ether oxygens (including phenoxy) is 4. The molecule has 5 rings (SSSR count). The molecule has 172 valence electrons. The Labute approximate surface area is 192 Å². The molecule has 0 aromatic heterocycles. The molecule has 2 spiro atoms. The van der Waals surface area contributed by atoms with Gasteiger partial charge < -0.3 is 18.9 Å². The highest BCUT2D eigenvalue weighted by molar-refractivity contribution is 5.20. The van der Waals surface area contributed by atoms with Crippen molar-refractivity contribution in [3.8, 4) is 0 Å². The first kappa shape index (κ1) is 22.1. The standard InChI is InChI=1S/C28H36O4/c1-26(2,3)25-20-29-27(18-10-16-23(30-27)21-12-6-4-7-13-21)28(32-25)19-11-17-24(31-28)22-14-8-5-9-15-22/h4-9,12-15,23-25H,10-11,16-20H2,1-3H3. The second-order valence-corrected chi connectivity index (χ2v) is 10.6. The van der Waals surface area contributed by atoms with Crippen LogP contribution in [0.15, 0.2) is 60.7 Å². The molecule has 0 radical (unpaired) electrons. The van der Waals surface area contributed by atoms with Crippen LogP contribution in [0.3, 0.4) is 0 Å². The van der Waals surface area contributed by atoms with Gasteiger partial charge in [-0.15, -0.1) is 0 Å². The van der Waals surface area contributed by atoms with Gasteiger partial charge >= 0.3 is 0 Å². The van der Waals surface area contributed by atoms with Crippen molar-refractivity contribution in [3.05, 3.63) is 71.8 Å². The molecule has 5 atom stereocenters. The lowest BCUT2D eigenvalue weighted by molar-refractivity contribution is -0.489. The van der Waals surface area contributed by atoms with Gasteiger partial charge in [0, 0.05) is 12.8 Å². The Morgan fingerprint density at radius 1 is 0.688 bits per heavy atom. The molecule has 5 unspecified atom stereocenters. The first-order valence-corrected chi connectivity index (χ1v) is 12.2. The van der Waals surface area contributed by atoms with E-state index in [1.165, 1.54) is 11.1 Å². The van der Waals surface area contributed by atoms with Crippen molar-refractivity contribution in [2.45, 2.75) is 89.2 Å². The van der Waals surface area contributed by atoms with E-state index in [9.17, 15) is 0 Å². The molecule has 0 N–H and O–H groups in total. The summed E-state index contributed by atoms with van der Waals surface area (Å²) < 4.78 is 27.4. The van der Waals surface area contributed by atoms with Gasteiger partial charge in [0.1, 0.15) is 0 Å². The van der Waals surface area contributed by atoms with Crippen molar-refractivity contribution < 1.29 is 18.9 Å². The van der Waals surface area contributed by atoms with Gasteiger partial charge in [-0.1, -0.05) is 81.4 Å². The Morgan fingerprint density at radius 3 is 1.72 bits per heavy atom. The monoisotopic (exact) mass is 436 g/mol. The Balaban J connectivity index is 1.50. The summed E-state index contributed by atoms with van der Waals surface area (Å²) in [5.41, 5.74) is 2.34. The third kappa shape index (κ3) is 4.03. The van der Waals surface area contributed by atoms with Gasteiger partial charge in [-0.05, 0) is 42.2 Å². The lowest BCUT2D eigenvalue weighted by Crippen LogP contribution is -2.69. The van der Waals surface area contributed by atoms with Crippen LogP contribution in [0.4, 0.5) is 0 Å². The van der Waals surface area contributed by atoms with E-state index in [2.05, 4.69) is 69.3 Å². The zero-order valence-corrected chi connectivity index (χ0v) is 19.6. The maximum atomic E-state index is 6.94. The molecule has 3 fully saturated rings. The minimum Gasteiger partial charge on any atom is -0.343 e. The topological polar surface area (TPSA) is 36.9 Å². The van der Waals surface area contributed by atoms with Crippen molar-refractivity contribution in [1.82, 2.24) is 0 Å². The molecule has 0 saturated carbocycles. The van der Waals surface area contributed by atoms with Crippen molar-refractivity contribution in [3.63, 3.8) is 0 Å². The number of hydrogen-bond donors (Lipinski definition) is 0. The summed E-state index contributed by atoms with van der Waals surface area (Å²) in [5.74, 6) is -1.80. The molecule has 4 heteroatoms. The molecular formula is C28H36O4. The zero-order chi connectivity index (χ0) is 22.2. The molecule has 3 aliphatic heterocycles. The third-order valence-corrected chi connectivity index (χ3v) is 7.30. The molecule has 2 aromatic rings. The first-order chi connectivity index (χ1) is 15.4. The normalized spacial score (nSPS) is 35.8. The van der Waals surface area contributed by atoms with Crippen LogP contribution in [0.1, 0.15) is 82.6 Å². The summed E-state index contributed by atoms with van der Waals surface area (Å²) in [6.07, 6.45) is 5.47. The molecule has 0 bridgehead atoms. The van der Waals surface area contributed by atoms with E-state index in [1.807, 2.05) is 12.1 Å². The summed E-state index contributed by atoms with van der Waals surface area (Å²) >= 11 is 0. The van der Waals surface area contributed by atoms with Crippen LogP contribution >= 0.6 is 0 Å². The van der Waals surface area contributed by atoms with E-state index in [4.69, 9.17) is 18.9 Å². The third-order valence-electron chi connectivity index (χ3n) is 7.30.